The van der Waals surface area contributed by atoms with Gasteiger partial charge in [0.2, 0.25) is 0 Å². The number of carbonyl (C=O) groups is 1. The number of ether oxygens (including phenoxy) is 2. The summed E-state index contributed by atoms with van der Waals surface area (Å²) in [6.45, 7) is 1.70. The highest BCUT2D eigenvalue weighted by Gasteiger charge is 2.30. The first kappa shape index (κ1) is 27.9. The largest absolute Gasteiger partial charge is 0.504 e. The number of hydrogen-bond acceptors (Lipinski definition) is 7. The fourth-order valence-corrected chi connectivity index (χ4v) is 4.98. The molecule has 0 saturated carbocycles. The van der Waals surface area contributed by atoms with Gasteiger partial charge in [0.1, 0.15) is 17.9 Å². The molecule has 1 aliphatic rings. The number of rotatable bonds is 14. The van der Waals surface area contributed by atoms with Crippen LogP contribution in [0.2, 0.25) is 0 Å². The second kappa shape index (κ2) is 13.1. The van der Waals surface area contributed by atoms with Crippen LogP contribution >= 0.6 is 0 Å². The summed E-state index contributed by atoms with van der Waals surface area (Å²) in [7, 11) is 2.98. The van der Waals surface area contributed by atoms with Gasteiger partial charge in [-0.25, -0.2) is 0 Å². The average Bonchev–Trinajstić information content (AvgIpc) is 3.64. The van der Waals surface area contributed by atoms with Crippen LogP contribution < -0.4 is 9.47 Å². The van der Waals surface area contributed by atoms with E-state index in [0.29, 0.717) is 37.2 Å². The molecule has 39 heavy (non-hydrogen) atoms. The van der Waals surface area contributed by atoms with Crippen molar-refractivity contribution < 1.29 is 29.6 Å². The number of aliphatic imine (C=N–C) groups is 1. The van der Waals surface area contributed by atoms with E-state index in [4.69, 9.17) is 9.47 Å². The maximum absolute atomic E-state index is 13.7. The third-order valence-corrected chi connectivity index (χ3v) is 7.14. The predicted molar refractivity (Wildman–Crippen MR) is 149 cm³/mol. The van der Waals surface area contributed by atoms with Gasteiger partial charge in [-0.2, -0.15) is 0 Å². The van der Waals surface area contributed by atoms with Crippen LogP contribution in [0, 0.1) is 18.4 Å². The lowest BCUT2D eigenvalue weighted by atomic mass is 9.82. The molecule has 1 aliphatic heterocycles. The zero-order chi connectivity index (χ0) is 27.8. The second-order valence-electron chi connectivity index (χ2n) is 9.91. The normalized spacial score (nSPS) is 14.8. The van der Waals surface area contributed by atoms with Crippen LogP contribution in [0.4, 0.5) is 0 Å². The van der Waals surface area contributed by atoms with E-state index in [9.17, 15) is 20.1 Å². The summed E-state index contributed by atoms with van der Waals surface area (Å²) in [5, 5.41) is 31.4. The molecule has 1 aromatic heterocycles. The number of aromatic nitrogens is 1. The van der Waals surface area contributed by atoms with Crippen LogP contribution in [0.1, 0.15) is 29.5 Å². The highest BCUT2D eigenvalue weighted by Crippen LogP contribution is 2.31. The quantitative estimate of drug-likeness (QED) is 0.226. The predicted octanol–water partition coefficient (Wildman–Crippen LogP) is 4.59. The van der Waals surface area contributed by atoms with Crippen molar-refractivity contribution in [1.29, 1.82) is 0 Å². The molecule has 3 atom stereocenters. The van der Waals surface area contributed by atoms with E-state index in [0.717, 1.165) is 22.3 Å². The minimum absolute atomic E-state index is 0.00166. The molecule has 2 aromatic carbocycles. The van der Waals surface area contributed by atoms with Gasteiger partial charge in [0.05, 0.1) is 26.4 Å². The standard InChI is InChI=1S/C31H34N2O6/c1-38-30-15-20(3-5-26(30)34)11-24(13-22-7-9-32-18-22)28(36)17-29(37)25(14-23-8-10-33-19-23)12-21-4-6-27(35)31(16-21)39-2/h3-10,15-16,18-19,24-25,28,32,36H,11-14,17H2,1-2H3,(H-,34,35)/p+1/t24-,25+,28-/m1/s1. The first-order chi connectivity index (χ1) is 18.9. The Labute approximate surface area is 228 Å². The van der Waals surface area contributed by atoms with E-state index in [2.05, 4.69) is 9.98 Å². The number of Topliss-reactive ketones (excluding diaryl/α,β-unsaturated/α-hetero) is 1. The van der Waals surface area contributed by atoms with E-state index in [-0.39, 0.29) is 35.5 Å². The zero-order valence-corrected chi connectivity index (χ0v) is 22.2. The lowest BCUT2D eigenvalue weighted by Gasteiger charge is -2.24. The van der Waals surface area contributed by atoms with E-state index in [1.165, 1.54) is 14.2 Å². The summed E-state index contributed by atoms with van der Waals surface area (Å²) in [5.74, 6) is 0.135. The van der Waals surface area contributed by atoms with Crippen molar-refractivity contribution in [2.75, 3.05) is 14.2 Å². The lowest BCUT2D eigenvalue weighted by Crippen LogP contribution is -2.30. The molecule has 0 unspecified atom stereocenters. The number of benzene rings is 2. The molecule has 0 saturated heterocycles. The van der Waals surface area contributed by atoms with Gasteiger partial charge in [0.15, 0.2) is 29.2 Å². The summed E-state index contributed by atoms with van der Waals surface area (Å²) in [5.41, 5.74) is 3.74. The van der Waals surface area contributed by atoms with Gasteiger partial charge in [0, 0.05) is 31.2 Å². The second-order valence-corrected chi connectivity index (χ2v) is 9.91. The Bertz CT molecular complexity index is 1310. The molecule has 204 valence electrons. The van der Waals surface area contributed by atoms with E-state index < -0.39 is 6.10 Å². The molecule has 0 spiro atoms. The van der Waals surface area contributed by atoms with Crippen LogP contribution in [0.3, 0.4) is 0 Å². The molecular formula is C31H35N2O6+. The summed E-state index contributed by atoms with van der Waals surface area (Å²) in [6, 6.07) is 12.2. The smallest absolute Gasteiger partial charge is 0.176 e. The number of aromatic hydroxyl groups is 2. The number of ketones is 1. The molecule has 2 heterocycles. The molecule has 0 radical (unpaired) electrons. The highest BCUT2D eigenvalue weighted by atomic mass is 16.5. The minimum atomic E-state index is -0.887. The number of aliphatic hydroxyl groups is 1. The number of nitrogens with one attached hydrogen (secondary N) is 1. The third kappa shape index (κ3) is 7.45. The van der Waals surface area contributed by atoms with Crippen molar-refractivity contribution in [3.05, 3.63) is 89.7 Å². The molecule has 8 nitrogen and oxygen atoms in total. The van der Waals surface area contributed by atoms with E-state index >= 15 is 0 Å². The van der Waals surface area contributed by atoms with E-state index in [1.54, 1.807) is 49.2 Å². The monoisotopic (exact) mass is 531 g/mol. The summed E-state index contributed by atoms with van der Waals surface area (Å²) in [6.07, 6.45) is 8.49. The SMILES string of the molecule is COc1cc(C[C@@H](CC2=C[CH+]N=C2)C(=O)C[C@@H](O)[C@@H](Cc2cc[nH]c2)Cc2ccc(O)c(OC)c2)ccc1O. The Morgan fingerprint density at radius 1 is 0.923 bits per heavy atom. The number of aliphatic hydroxyl groups excluding tert-OH is 1. The molecule has 4 N–H and O–H groups in total. The maximum atomic E-state index is 13.7. The molecule has 0 aliphatic carbocycles. The topological polar surface area (TPSA) is 124 Å². The van der Waals surface area contributed by atoms with Crippen molar-refractivity contribution in [2.24, 2.45) is 16.8 Å². The molecule has 0 amide bonds. The fourth-order valence-electron chi connectivity index (χ4n) is 4.98. The van der Waals surface area contributed by atoms with Crippen molar-refractivity contribution >= 4 is 12.0 Å². The van der Waals surface area contributed by atoms with Crippen LogP contribution in [-0.2, 0) is 24.1 Å². The Morgan fingerprint density at radius 3 is 2.13 bits per heavy atom. The lowest BCUT2D eigenvalue weighted by molar-refractivity contribution is -0.125. The number of hydrogen-bond donors (Lipinski definition) is 4. The summed E-state index contributed by atoms with van der Waals surface area (Å²) < 4.78 is 10.5. The first-order valence-corrected chi connectivity index (χ1v) is 13.0. The van der Waals surface area contributed by atoms with Gasteiger partial charge >= 0.3 is 0 Å². The Kier molecular flexibility index (Phi) is 9.33. The van der Waals surface area contributed by atoms with Gasteiger partial charge < -0.3 is 29.8 Å². The number of methoxy groups -OCH3 is 2. The van der Waals surface area contributed by atoms with Crippen molar-refractivity contribution in [2.45, 2.75) is 38.2 Å². The molecular weight excluding hydrogens is 496 g/mol. The molecule has 8 heteroatoms. The van der Waals surface area contributed by atoms with Crippen LogP contribution in [0.25, 0.3) is 0 Å². The van der Waals surface area contributed by atoms with Gasteiger partial charge in [-0.05, 0) is 72.2 Å². The third-order valence-electron chi connectivity index (χ3n) is 7.14. The number of H-pyrrole nitrogens is 1. The number of phenols is 2. The number of nitrogens with zero attached hydrogens (tertiary/aromatic N) is 1. The van der Waals surface area contributed by atoms with Gasteiger partial charge in [-0.3, -0.25) is 4.79 Å². The van der Waals surface area contributed by atoms with Crippen LogP contribution in [0.5, 0.6) is 23.0 Å². The first-order valence-electron chi connectivity index (χ1n) is 13.0. The van der Waals surface area contributed by atoms with Crippen LogP contribution in [0.15, 0.2) is 71.5 Å². The van der Waals surface area contributed by atoms with Gasteiger partial charge in [-0.15, -0.1) is 4.99 Å². The summed E-state index contributed by atoms with van der Waals surface area (Å²) >= 11 is 0. The number of carbonyl (C=O) groups excluding carboxylic acids is 1. The Morgan fingerprint density at radius 2 is 1.56 bits per heavy atom. The molecule has 0 fully saturated rings. The molecule has 4 rings (SSSR count). The van der Waals surface area contributed by atoms with E-state index in [1.807, 2.05) is 24.5 Å². The average molecular weight is 532 g/mol. The number of phenolic OH excluding ortho intramolecular Hbond substituents is 2. The maximum Gasteiger partial charge on any atom is 0.176 e. The fraction of sp³-hybridized carbons (Fsp3) is 0.323. The van der Waals surface area contributed by atoms with Crippen molar-refractivity contribution in [1.82, 2.24) is 4.98 Å². The minimum Gasteiger partial charge on any atom is -0.504 e. The van der Waals surface area contributed by atoms with Gasteiger partial charge in [-0.1, -0.05) is 12.1 Å². The number of aromatic amines is 1. The summed E-state index contributed by atoms with van der Waals surface area (Å²) in [4.78, 5) is 20.9. The van der Waals surface area contributed by atoms with Gasteiger partial charge in [0.25, 0.3) is 0 Å². The highest BCUT2D eigenvalue weighted by molar-refractivity contribution is 5.86. The molecule has 3 aromatic rings. The van der Waals surface area contributed by atoms with Crippen LogP contribution in [-0.4, -0.2) is 52.6 Å². The Hall–Kier alpha value is -4.17. The van der Waals surface area contributed by atoms with Crippen molar-refractivity contribution in [3.8, 4) is 23.0 Å². The zero-order valence-electron chi connectivity index (χ0n) is 22.2. The van der Waals surface area contributed by atoms with Crippen molar-refractivity contribution in [3.63, 3.8) is 0 Å². The number of allylic oxidation sites excluding steroid dienone is 1. The Balaban J connectivity index is 1.53. The molecule has 0 bridgehead atoms.